The first-order chi connectivity index (χ1) is 19.2. The number of benzene rings is 2. The van der Waals surface area contributed by atoms with Gasteiger partial charge in [-0.15, -0.1) is 11.3 Å². The molecule has 0 radical (unpaired) electrons. The van der Waals surface area contributed by atoms with Crippen LogP contribution < -0.4 is 5.32 Å². The van der Waals surface area contributed by atoms with Crippen LogP contribution in [0.5, 0.6) is 0 Å². The number of hydrogen-bond acceptors (Lipinski definition) is 6. The number of likely N-dealkylation sites (tertiary alicyclic amines) is 1. The van der Waals surface area contributed by atoms with Crippen LogP contribution in [0.1, 0.15) is 66.8 Å². The molecule has 4 atom stereocenters. The number of amides is 3. The number of aliphatic hydroxyl groups excluding tert-OH is 1. The van der Waals surface area contributed by atoms with Crippen LogP contribution in [0.25, 0.3) is 10.4 Å². The maximum atomic E-state index is 14.0. The molecular weight excluding hydrogens is 524 g/mol. The molecule has 40 heavy (non-hydrogen) atoms. The highest BCUT2D eigenvalue weighted by atomic mass is 32.1. The maximum absolute atomic E-state index is 14.0. The Balaban J connectivity index is 1.32. The number of rotatable bonds is 8. The van der Waals surface area contributed by atoms with E-state index >= 15 is 0 Å². The second kappa shape index (κ2) is 11.5. The zero-order valence-electron chi connectivity index (χ0n) is 23.3. The number of nitrogens with one attached hydrogen (secondary N) is 1. The molecule has 3 heterocycles. The van der Waals surface area contributed by atoms with Gasteiger partial charge in [-0.05, 0) is 42.0 Å². The average Bonchev–Trinajstić information content (AvgIpc) is 3.64. The minimum absolute atomic E-state index is 0.0643. The van der Waals surface area contributed by atoms with Crippen LogP contribution in [-0.2, 0) is 16.1 Å². The Morgan fingerprint density at radius 1 is 1.15 bits per heavy atom. The minimum atomic E-state index is -0.808. The Bertz CT molecular complexity index is 1400. The number of hydrogen-bond donors (Lipinski definition) is 2. The van der Waals surface area contributed by atoms with E-state index in [2.05, 4.69) is 10.3 Å². The molecule has 2 aliphatic rings. The monoisotopic (exact) mass is 560 g/mol. The molecule has 0 spiro atoms. The van der Waals surface area contributed by atoms with Crippen molar-refractivity contribution in [3.63, 3.8) is 0 Å². The third-order valence-corrected chi connectivity index (χ3v) is 8.96. The predicted octanol–water partition coefficient (Wildman–Crippen LogP) is 4.33. The van der Waals surface area contributed by atoms with Crippen LogP contribution >= 0.6 is 11.3 Å². The molecule has 8 nitrogen and oxygen atoms in total. The van der Waals surface area contributed by atoms with Gasteiger partial charge in [0.05, 0.1) is 28.2 Å². The third kappa shape index (κ3) is 5.28. The molecule has 5 rings (SSSR count). The molecule has 9 heteroatoms. The van der Waals surface area contributed by atoms with Crippen molar-refractivity contribution in [2.45, 2.75) is 71.3 Å². The van der Waals surface area contributed by atoms with E-state index in [4.69, 9.17) is 0 Å². The second-order valence-electron chi connectivity index (χ2n) is 11.0. The Labute approximate surface area is 239 Å². The van der Waals surface area contributed by atoms with Crippen molar-refractivity contribution in [1.29, 1.82) is 0 Å². The van der Waals surface area contributed by atoms with E-state index in [-0.39, 0.29) is 42.6 Å². The molecule has 3 amide bonds. The first-order valence-electron chi connectivity index (χ1n) is 13.9. The van der Waals surface area contributed by atoms with E-state index in [1.54, 1.807) is 22.3 Å². The summed E-state index contributed by atoms with van der Waals surface area (Å²) in [7, 11) is 0. The third-order valence-electron chi connectivity index (χ3n) is 7.98. The van der Waals surface area contributed by atoms with Crippen LogP contribution in [0.3, 0.4) is 0 Å². The van der Waals surface area contributed by atoms with Gasteiger partial charge in [-0.3, -0.25) is 14.4 Å². The topological polar surface area (TPSA) is 103 Å². The molecule has 2 aliphatic heterocycles. The molecular formula is C31H36N4O4S. The van der Waals surface area contributed by atoms with Gasteiger partial charge in [0, 0.05) is 25.1 Å². The van der Waals surface area contributed by atoms with Crippen LogP contribution in [0.4, 0.5) is 0 Å². The summed E-state index contributed by atoms with van der Waals surface area (Å²) in [6, 6.07) is 13.7. The summed E-state index contributed by atoms with van der Waals surface area (Å²) in [6.07, 6.45) is 0.0283. The Kier molecular flexibility index (Phi) is 8.05. The first-order valence-corrected chi connectivity index (χ1v) is 14.8. The maximum Gasteiger partial charge on any atom is 0.255 e. The molecule has 0 bridgehead atoms. The van der Waals surface area contributed by atoms with Gasteiger partial charge in [0.25, 0.3) is 5.91 Å². The first kappa shape index (κ1) is 28.0. The van der Waals surface area contributed by atoms with E-state index < -0.39 is 18.2 Å². The lowest BCUT2D eigenvalue weighted by atomic mass is 9.99. The summed E-state index contributed by atoms with van der Waals surface area (Å²) in [4.78, 5) is 49.3. The van der Waals surface area contributed by atoms with Gasteiger partial charge in [0.1, 0.15) is 12.1 Å². The van der Waals surface area contributed by atoms with Crippen molar-refractivity contribution >= 4 is 29.1 Å². The lowest BCUT2D eigenvalue weighted by molar-refractivity contribution is -0.143. The lowest BCUT2D eigenvalue weighted by Gasteiger charge is -2.35. The fraction of sp³-hybridized carbons (Fsp3) is 0.419. The van der Waals surface area contributed by atoms with Crippen LogP contribution in [-0.4, -0.2) is 62.3 Å². The number of β-amino-alcohol motifs (C(OH)–C–C–N with tert-alkyl or cyclic N) is 1. The molecule has 1 fully saturated rings. The van der Waals surface area contributed by atoms with Gasteiger partial charge < -0.3 is 20.2 Å². The van der Waals surface area contributed by atoms with Gasteiger partial charge in [-0.2, -0.15) is 0 Å². The standard InChI is InChI=1S/C31H36N4O4S/c1-5-25(20-10-12-21(13-11-20)28-19(4)32-17-40-28)33-29(37)26-14-23(36)16-34(26)31(39)27(18(2)3)35-15-22-8-6-7-9-24(22)30(35)38/h6-13,17-18,23,25-27,36H,5,14-16H2,1-4H3,(H,33,37)/t23-,25+,26+,27+/m1/s1. The van der Waals surface area contributed by atoms with Gasteiger partial charge in [0.15, 0.2) is 0 Å². The fourth-order valence-corrected chi connectivity index (χ4v) is 6.70. The van der Waals surface area contributed by atoms with Crippen molar-refractivity contribution in [2.24, 2.45) is 5.92 Å². The van der Waals surface area contributed by atoms with Crippen LogP contribution in [0.15, 0.2) is 54.0 Å². The smallest absolute Gasteiger partial charge is 0.255 e. The molecule has 3 aromatic rings. The molecule has 0 unspecified atom stereocenters. The largest absolute Gasteiger partial charge is 0.391 e. The molecule has 210 valence electrons. The van der Waals surface area contributed by atoms with Crippen LogP contribution in [0.2, 0.25) is 0 Å². The van der Waals surface area contributed by atoms with E-state index in [1.807, 2.05) is 75.7 Å². The summed E-state index contributed by atoms with van der Waals surface area (Å²) < 4.78 is 0. The molecule has 0 saturated carbocycles. The highest BCUT2D eigenvalue weighted by molar-refractivity contribution is 7.13. The van der Waals surface area contributed by atoms with Crippen molar-refractivity contribution in [3.05, 3.63) is 76.4 Å². The van der Waals surface area contributed by atoms with Gasteiger partial charge in [0.2, 0.25) is 11.8 Å². The second-order valence-corrected chi connectivity index (χ2v) is 11.9. The van der Waals surface area contributed by atoms with E-state index in [9.17, 15) is 19.5 Å². The Hall–Kier alpha value is -3.56. The van der Waals surface area contributed by atoms with Crippen molar-refractivity contribution in [2.75, 3.05) is 6.54 Å². The number of thiazole rings is 1. The Morgan fingerprint density at radius 2 is 1.88 bits per heavy atom. The number of aromatic nitrogens is 1. The minimum Gasteiger partial charge on any atom is -0.391 e. The Morgan fingerprint density at radius 3 is 2.50 bits per heavy atom. The SMILES string of the molecule is CC[C@H](NC(=O)[C@@H]1C[C@@H](O)CN1C(=O)[C@H](C(C)C)N1Cc2ccccc2C1=O)c1ccc(-c2scnc2C)cc1. The van der Waals surface area contributed by atoms with Crippen molar-refractivity contribution in [1.82, 2.24) is 20.1 Å². The zero-order valence-corrected chi connectivity index (χ0v) is 24.1. The zero-order chi connectivity index (χ0) is 28.6. The number of carbonyl (C=O) groups excluding carboxylic acids is 3. The summed E-state index contributed by atoms with van der Waals surface area (Å²) in [5.41, 5.74) is 6.38. The van der Waals surface area contributed by atoms with E-state index in [0.717, 1.165) is 27.3 Å². The number of fused-ring (bicyclic) bond motifs is 1. The number of aryl methyl sites for hydroxylation is 1. The summed E-state index contributed by atoms with van der Waals surface area (Å²) >= 11 is 1.60. The van der Waals surface area contributed by atoms with Gasteiger partial charge >= 0.3 is 0 Å². The molecule has 1 saturated heterocycles. The van der Waals surface area contributed by atoms with Crippen molar-refractivity contribution in [3.8, 4) is 10.4 Å². The fourth-order valence-electron chi connectivity index (χ4n) is 5.89. The number of aliphatic hydroxyl groups is 1. The summed E-state index contributed by atoms with van der Waals surface area (Å²) in [6.45, 7) is 8.22. The van der Waals surface area contributed by atoms with Gasteiger partial charge in [-0.1, -0.05) is 63.2 Å². The van der Waals surface area contributed by atoms with E-state index in [1.165, 1.54) is 4.90 Å². The highest BCUT2D eigenvalue weighted by Gasteiger charge is 2.46. The quantitative estimate of drug-likeness (QED) is 0.427. The summed E-state index contributed by atoms with van der Waals surface area (Å²) in [5.74, 6) is -0.939. The average molecular weight is 561 g/mol. The predicted molar refractivity (Wildman–Crippen MR) is 155 cm³/mol. The van der Waals surface area contributed by atoms with Gasteiger partial charge in [-0.25, -0.2) is 4.98 Å². The van der Waals surface area contributed by atoms with E-state index in [0.29, 0.717) is 18.5 Å². The number of nitrogens with zero attached hydrogens (tertiary/aromatic N) is 3. The lowest BCUT2D eigenvalue weighted by Crippen LogP contribution is -2.55. The molecule has 2 N–H and O–H groups in total. The number of carbonyl (C=O) groups is 3. The molecule has 1 aromatic heterocycles. The molecule has 2 aromatic carbocycles. The summed E-state index contributed by atoms with van der Waals surface area (Å²) in [5, 5.41) is 13.7. The van der Waals surface area contributed by atoms with Crippen LogP contribution in [0, 0.1) is 12.8 Å². The molecule has 0 aliphatic carbocycles. The highest BCUT2D eigenvalue weighted by Crippen LogP contribution is 2.31. The normalized spacial score (nSPS) is 20.1. The van der Waals surface area contributed by atoms with Crippen molar-refractivity contribution < 1.29 is 19.5 Å².